The van der Waals surface area contributed by atoms with Crippen molar-refractivity contribution in [2.75, 3.05) is 30.5 Å². The third-order valence-corrected chi connectivity index (χ3v) is 4.95. The van der Waals surface area contributed by atoms with Crippen LogP contribution in [0, 0.1) is 22.8 Å². The molecule has 1 unspecified atom stereocenters. The van der Waals surface area contributed by atoms with Crippen molar-refractivity contribution in [1.82, 2.24) is 10.3 Å². The van der Waals surface area contributed by atoms with E-state index in [1.54, 1.807) is 12.1 Å². The van der Waals surface area contributed by atoms with Crippen molar-refractivity contribution < 1.29 is 9.47 Å². The molecular weight excluding hydrogens is 420 g/mol. The molecule has 0 bridgehead atoms. The summed E-state index contributed by atoms with van der Waals surface area (Å²) < 4.78 is 11.3. The van der Waals surface area contributed by atoms with Gasteiger partial charge in [-0.1, -0.05) is 24.9 Å². The highest BCUT2D eigenvalue weighted by atomic mass is 35.5. The van der Waals surface area contributed by atoms with Crippen molar-refractivity contribution in [3.63, 3.8) is 0 Å². The van der Waals surface area contributed by atoms with Crippen LogP contribution in [0.5, 0.6) is 11.5 Å². The fraction of sp³-hybridized carbons (Fsp3) is 0.300. The number of benzene rings is 1. The Balaban J connectivity index is 2.17. The normalized spacial score (nSPS) is 14.4. The number of pyridine rings is 1. The van der Waals surface area contributed by atoms with E-state index in [1.165, 1.54) is 7.11 Å². The fourth-order valence-corrected chi connectivity index (χ4v) is 3.45. The quantitative estimate of drug-likeness (QED) is 0.299. The second-order valence-corrected chi connectivity index (χ2v) is 7.05. The molecule has 2 heterocycles. The summed E-state index contributed by atoms with van der Waals surface area (Å²) in [7, 11) is 1.51. The summed E-state index contributed by atoms with van der Waals surface area (Å²) >= 11 is 6.50. The molecule has 11 heteroatoms. The first-order valence-electron chi connectivity index (χ1n) is 9.44. The van der Waals surface area contributed by atoms with Gasteiger partial charge in [0.15, 0.2) is 17.7 Å². The molecule has 6 N–H and O–H groups in total. The van der Waals surface area contributed by atoms with E-state index in [0.29, 0.717) is 34.3 Å². The number of nitriles is 2. The first kappa shape index (κ1) is 21.8. The summed E-state index contributed by atoms with van der Waals surface area (Å²) in [6, 6.07) is 4.64. The Morgan fingerprint density at radius 3 is 2.74 bits per heavy atom. The number of nitrogen functional groups attached to an aromatic ring is 2. The molecule has 1 aromatic heterocycles. The maximum absolute atomic E-state index is 9.44. The van der Waals surface area contributed by atoms with Crippen molar-refractivity contribution in [1.29, 1.82) is 10.5 Å². The summed E-state index contributed by atoms with van der Waals surface area (Å²) in [4.78, 5) is 8.75. The minimum Gasteiger partial charge on any atom is -0.493 e. The maximum Gasteiger partial charge on any atom is 0.211 e. The van der Waals surface area contributed by atoms with Crippen LogP contribution in [0.3, 0.4) is 0 Å². The molecule has 1 atom stereocenters. The average molecular weight is 441 g/mol. The smallest absolute Gasteiger partial charge is 0.211 e. The van der Waals surface area contributed by atoms with E-state index in [1.807, 2.05) is 12.3 Å². The van der Waals surface area contributed by atoms with Crippen molar-refractivity contribution in [3.8, 4) is 23.8 Å². The molecule has 0 amide bonds. The summed E-state index contributed by atoms with van der Waals surface area (Å²) in [5, 5.41) is 24.1. The Kier molecular flexibility index (Phi) is 6.53. The second kappa shape index (κ2) is 9.28. The van der Waals surface area contributed by atoms with Crippen LogP contribution < -0.4 is 31.6 Å². The predicted molar refractivity (Wildman–Crippen MR) is 118 cm³/mol. The zero-order chi connectivity index (χ0) is 22.5. The van der Waals surface area contributed by atoms with Crippen molar-refractivity contribution in [3.05, 3.63) is 33.8 Å². The molecule has 0 radical (unpaired) electrons. The number of aromatic nitrogens is 1. The zero-order valence-corrected chi connectivity index (χ0v) is 17.7. The van der Waals surface area contributed by atoms with E-state index in [4.69, 9.17) is 37.8 Å². The molecule has 0 saturated carbocycles. The minimum atomic E-state index is -0.733. The van der Waals surface area contributed by atoms with E-state index in [9.17, 15) is 5.26 Å². The molecule has 10 nitrogen and oxygen atoms in total. The van der Waals surface area contributed by atoms with E-state index in [-0.39, 0.29) is 28.8 Å². The zero-order valence-electron chi connectivity index (χ0n) is 17.0. The minimum absolute atomic E-state index is 0.0292. The topological polar surface area (TPSA) is 167 Å². The van der Waals surface area contributed by atoms with Gasteiger partial charge in [-0.15, -0.1) is 0 Å². The summed E-state index contributed by atoms with van der Waals surface area (Å²) in [6.07, 6.45) is 3.66. The van der Waals surface area contributed by atoms with Gasteiger partial charge < -0.3 is 26.3 Å². The lowest BCUT2D eigenvalue weighted by Gasteiger charge is -2.27. The summed E-state index contributed by atoms with van der Waals surface area (Å²) in [5.74, 6) is 1.25. The van der Waals surface area contributed by atoms with Gasteiger partial charge in [-0.25, -0.2) is 9.98 Å². The van der Waals surface area contributed by atoms with Crippen LogP contribution in [0.2, 0.25) is 5.02 Å². The van der Waals surface area contributed by atoms with Gasteiger partial charge in [-0.05, 0) is 24.1 Å². The lowest BCUT2D eigenvalue weighted by Crippen LogP contribution is -2.32. The van der Waals surface area contributed by atoms with Gasteiger partial charge in [0, 0.05) is 5.56 Å². The number of hydrogen-bond donors (Lipinski definition) is 4. The number of anilines is 3. The number of halogens is 1. The summed E-state index contributed by atoms with van der Waals surface area (Å²) in [5.41, 5.74) is 13.4. The molecule has 0 aliphatic carbocycles. The van der Waals surface area contributed by atoms with Crippen molar-refractivity contribution in [2.45, 2.75) is 25.8 Å². The molecule has 160 valence electrons. The Morgan fingerprint density at radius 1 is 1.32 bits per heavy atom. The number of guanidine groups is 1. The molecule has 2 aromatic rings. The number of hydrogen-bond acceptors (Lipinski definition) is 10. The molecule has 31 heavy (non-hydrogen) atoms. The molecule has 1 aliphatic heterocycles. The number of nitrogens with zero attached hydrogens (tertiary/aromatic N) is 4. The average Bonchev–Trinajstić information content (AvgIpc) is 2.74. The summed E-state index contributed by atoms with van der Waals surface area (Å²) in [6.45, 7) is 2.56. The predicted octanol–water partition coefficient (Wildman–Crippen LogP) is 2.90. The number of aliphatic imine (C=N–C) groups is 1. The number of methoxy groups -OCH3 is 1. The largest absolute Gasteiger partial charge is 0.493 e. The van der Waals surface area contributed by atoms with Gasteiger partial charge in [0.05, 0.1) is 24.4 Å². The third-order valence-electron chi connectivity index (χ3n) is 4.67. The van der Waals surface area contributed by atoms with Crippen molar-refractivity contribution in [2.24, 2.45) is 4.99 Å². The number of rotatable bonds is 6. The van der Waals surface area contributed by atoms with Crippen LogP contribution in [0.25, 0.3) is 0 Å². The maximum atomic E-state index is 9.44. The molecule has 0 fully saturated rings. The van der Waals surface area contributed by atoms with E-state index >= 15 is 0 Å². The van der Waals surface area contributed by atoms with E-state index < -0.39 is 6.04 Å². The van der Waals surface area contributed by atoms with Gasteiger partial charge in [-0.3, -0.25) is 5.32 Å². The Bertz CT molecular complexity index is 1120. The van der Waals surface area contributed by atoms with E-state index in [0.717, 1.165) is 12.8 Å². The molecular formula is C20H21ClN8O2. The Hall–Kier alpha value is -3.89. The number of nitrogens with two attached hydrogens (primary N) is 2. The van der Waals surface area contributed by atoms with Crippen LogP contribution in [-0.4, -0.2) is 24.7 Å². The fourth-order valence-electron chi connectivity index (χ4n) is 3.18. The molecule has 3 rings (SSSR count). The van der Waals surface area contributed by atoms with Crippen LogP contribution in [-0.2, 0) is 0 Å². The van der Waals surface area contributed by atoms with Crippen LogP contribution in [0.1, 0.15) is 42.5 Å². The SMILES string of the molecule is CCCCOc1c(Cl)cc(C2N=C(NC#N)Nc3nc(N)c(C#N)c(N)c32)cc1OC. The number of nitrogens with one attached hydrogen (secondary N) is 2. The molecule has 1 aliphatic rings. The van der Waals surface area contributed by atoms with Crippen LogP contribution in [0.4, 0.5) is 17.3 Å². The lowest BCUT2D eigenvalue weighted by atomic mass is 9.95. The first-order chi connectivity index (χ1) is 14.9. The molecule has 1 aromatic carbocycles. The third kappa shape index (κ3) is 4.20. The van der Waals surface area contributed by atoms with Crippen LogP contribution in [0.15, 0.2) is 17.1 Å². The molecule has 0 saturated heterocycles. The van der Waals surface area contributed by atoms with Gasteiger partial charge in [0.1, 0.15) is 29.3 Å². The van der Waals surface area contributed by atoms with Gasteiger partial charge in [0.25, 0.3) is 0 Å². The van der Waals surface area contributed by atoms with Gasteiger partial charge in [0.2, 0.25) is 5.96 Å². The van der Waals surface area contributed by atoms with Gasteiger partial charge >= 0.3 is 0 Å². The number of unbranched alkanes of at least 4 members (excludes halogenated alkanes) is 1. The second-order valence-electron chi connectivity index (χ2n) is 6.64. The lowest BCUT2D eigenvalue weighted by molar-refractivity contribution is 0.288. The van der Waals surface area contributed by atoms with Gasteiger partial charge in [-0.2, -0.15) is 10.5 Å². The Labute approximate surface area is 184 Å². The monoisotopic (exact) mass is 440 g/mol. The standard InChI is InChI=1S/C20H21ClN8O2/c1-3-4-5-31-17-12(21)6-10(7-13(17)30-2)16-14-15(24)11(8-22)18(25)28-19(14)29-20(27-16)26-9-23/h6-7,16H,3-5H2,1-2H3,(H6,24,25,26,27,28,29). The molecule has 0 spiro atoms. The highest BCUT2D eigenvalue weighted by molar-refractivity contribution is 6.32. The highest BCUT2D eigenvalue weighted by Gasteiger charge is 2.31. The Morgan fingerprint density at radius 2 is 2.10 bits per heavy atom. The van der Waals surface area contributed by atoms with Crippen LogP contribution >= 0.6 is 11.6 Å². The number of fused-ring (bicyclic) bond motifs is 1. The van der Waals surface area contributed by atoms with Crippen molar-refractivity contribution >= 4 is 34.9 Å². The highest BCUT2D eigenvalue weighted by Crippen LogP contribution is 2.44. The van der Waals surface area contributed by atoms with E-state index in [2.05, 4.69) is 27.5 Å². The number of ether oxygens (including phenoxy) is 2. The first-order valence-corrected chi connectivity index (χ1v) is 9.81.